The van der Waals surface area contributed by atoms with Gasteiger partial charge in [0, 0.05) is 31.0 Å². The lowest BCUT2D eigenvalue weighted by Gasteiger charge is -2.15. The van der Waals surface area contributed by atoms with Crippen molar-refractivity contribution >= 4 is 5.95 Å². The predicted molar refractivity (Wildman–Crippen MR) is 85.9 cm³/mol. The zero-order valence-electron chi connectivity index (χ0n) is 12.0. The molecular weight excluding hydrogens is 274 g/mol. The summed E-state index contributed by atoms with van der Waals surface area (Å²) in [7, 11) is 0. The lowest BCUT2D eigenvalue weighted by Crippen LogP contribution is -2.21. The van der Waals surface area contributed by atoms with Crippen LogP contribution >= 0.6 is 0 Å². The second kappa shape index (κ2) is 5.44. The Bertz CT molecular complexity index is 799. The number of rotatable bonds is 3. The Kier molecular flexibility index (Phi) is 3.16. The summed E-state index contributed by atoms with van der Waals surface area (Å²) in [5.74, 6) is 0.759. The molecule has 0 fully saturated rings. The number of hydrogen-bond donors (Lipinski definition) is 0. The zero-order valence-corrected chi connectivity index (χ0v) is 12.0. The van der Waals surface area contributed by atoms with Gasteiger partial charge < -0.3 is 4.90 Å². The molecule has 0 amide bonds. The summed E-state index contributed by atoms with van der Waals surface area (Å²) >= 11 is 0. The second-order valence-corrected chi connectivity index (χ2v) is 5.13. The molecule has 22 heavy (non-hydrogen) atoms. The van der Waals surface area contributed by atoms with Gasteiger partial charge in [0.1, 0.15) is 0 Å². The van der Waals surface area contributed by atoms with Crippen LogP contribution in [-0.2, 0) is 0 Å². The van der Waals surface area contributed by atoms with E-state index in [2.05, 4.69) is 32.1 Å². The van der Waals surface area contributed by atoms with E-state index in [9.17, 15) is 0 Å². The van der Waals surface area contributed by atoms with Gasteiger partial charge in [-0.3, -0.25) is 0 Å². The molecule has 0 saturated heterocycles. The first-order valence-corrected chi connectivity index (χ1v) is 7.23. The van der Waals surface area contributed by atoms with Gasteiger partial charge in [0.2, 0.25) is 5.95 Å². The summed E-state index contributed by atoms with van der Waals surface area (Å²) in [6, 6.07) is 12.0. The molecule has 0 saturated carbocycles. The van der Waals surface area contributed by atoms with E-state index in [-0.39, 0.29) is 0 Å². The van der Waals surface area contributed by atoms with Gasteiger partial charge in [-0.2, -0.15) is 5.10 Å². The van der Waals surface area contributed by atoms with E-state index >= 15 is 0 Å². The van der Waals surface area contributed by atoms with Gasteiger partial charge in [0.15, 0.2) is 0 Å². The van der Waals surface area contributed by atoms with E-state index in [1.165, 1.54) is 0 Å². The molecule has 108 valence electrons. The van der Waals surface area contributed by atoms with Gasteiger partial charge in [-0.25, -0.2) is 14.6 Å². The number of anilines is 1. The first kappa shape index (κ1) is 12.8. The normalized spacial score (nSPS) is 13.7. The Balaban J connectivity index is 1.65. The molecule has 5 nitrogen and oxygen atoms in total. The number of para-hydroxylation sites is 1. The number of benzene rings is 1. The molecule has 3 heterocycles. The minimum atomic E-state index is 0.759. The van der Waals surface area contributed by atoms with Gasteiger partial charge in [-0.1, -0.05) is 30.4 Å². The van der Waals surface area contributed by atoms with E-state index in [1.807, 2.05) is 53.5 Å². The third-order valence-electron chi connectivity index (χ3n) is 3.64. The number of hydrogen-bond acceptors (Lipinski definition) is 4. The maximum atomic E-state index is 4.65. The lowest BCUT2D eigenvalue weighted by atomic mass is 10.2. The fraction of sp³-hybridized carbons (Fsp3) is 0.118. The molecule has 0 atom stereocenters. The molecule has 4 rings (SSSR count). The first-order chi connectivity index (χ1) is 10.9. The van der Waals surface area contributed by atoms with E-state index in [0.29, 0.717) is 0 Å². The molecule has 0 N–H and O–H groups in total. The van der Waals surface area contributed by atoms with Gasteiger partial charge in [-0.15, -0.1) is 0 Å². The molecule has 0 radical (unpaired) electrons. The highest BCUT2D eigenvalue weighted by molar-refractivity contribution is 5.59. The third-order valence-corrected chi connectivity index (χ3v) is 3.64. The summed E-state index contributed by atoms with van der Waals surface area (Å²) in [6.07, 6.45) is 9.88. The average Bonchev–Trinajstić information content (AvgIpc) is 3.28. The molecule has 0 spiro atoms. The van der Waals surface area contributed by atoms with Crippen LogP contribution in [0.2, 0.25) is 0 Å². The van der Waals surface area contributed by atoms with Crippen molar-refractivity contribution in [1.82, 2.24) is 19.7 Å². The molecule has 1 aliphatic rings. The predicted octanol–water partition coefficient (Wildman–Crippen LogP) is 2.71. The quantitative estimate of drug-likeness (QED) is 0.696. The Hall–Kier alpha value is -2.95. The van der Waals surface area contributed by atoms with E-state index in [4.69, 9.17) is 0 Å². The van der Waals surface area contributed by atoms with Crippen molar-refractivity contribution in [2.45, 2.75) is 0 Å². The molecule has 0 aliphatic carbocycles. The number of nitrogens with zero attached hydrogens (tertiary/aromatic N) is 5. The largest absolute Gasteiger partial charge is 0.333 e. The third kappa shape index (κ3) is 2.37. The highest BCUT2D eigenvalue weighted by atomic mass is 15.3. The highest BCUT2D eigenvalue weighted by Crippen LogP contribution is 2.20. The minimum Gasteiger partial charge on any atom is -0.333 e. The minimum absolute atomic E-state index is 0.759. The van der Waals surface area contributed by atoms with Crippen molar-refractivity contribution in [3.8, 4) is 16.9 Å². The van der Waals surface area contributed by atoms with Crippen molar-refractivity contribution in [1.29, 1.82) is 0 Å². The maximum Gasteiger partial charge on any atom is 0.226 e. The number of aromatic nitrogens is 4. The van der Waals surface area contributed by atoms with Crippen LogP contribution in [0.15, 0.2) is 67.1 Å². The lowest BCUT2D eigenvalue weighted by molar-refractivity contribution is 0.880. The van der Waals surface area contributed by atoms with Crippen LogP contribution in [0.1, 0.15) is 0 Å². The summed E-state index contributed by atoms with van der Waals surface area (Å²) < 4.78 is 1.86. The summed E-state index contributed by atoms with van der Waals surface area (Å²) in [5, 5.41) is 4.42. The summed E-state index contributed by atoms with van der Waals surface area (Å²) in [4.78, 5) is 11.1. The van der Waals surface area contributed by atoms with E-state index in [0.717, 1.165) is 36.0 Å². The standard InChI is InChI=1S/C17H15N5/c1-2-6-15(7-3-1)22-13-14(12-19-22)16-8-9-18-17(20-16)21-10-4-5-11-21/h1-9,12-13H,10-11H2. The molecular formula is C17H15N5. The van der Waals surface area contributed by atoms with Gasteiger partial charge in [-0.05, 0) is 18.2 Å². The fourth-order valence-corrected chi connectivity index (χ4v) is 2.48. The van der Waals surface area contributed by atoms with Crippen LogP contribution in [0.25, 0.3) is 16.9 Å². The van der Waals surface area contributed by atoms with Crippen LogP contribution in [-0.4, -0.2) is 32.8 Å². The van der Waals surface area contributed by atoms with Crippen molar-refractivity contribution in [3.63, 3.8) is 0 Å². The Morgan fingerprint density at radius 1 is 0.955 bits per heavy atom. The fourth-order valence-electron chi connectivity index (χ4n) is 2.48. The van der Waals surface area contributed by atoms with Crippen molar-refractivity contribution in [3.05, 3.63) is 67.1 Å². The average molecular weight is 289 g/mol. The SMILES string of the molecule is C1=CCN(c2nccc(-c3cnn(-c4ccccc4)c3)n2)C1. The Morgan fingerprint density at radius 2 is 1.77 bits per heavy atom. The highest BCUT2D eigenvalue weighted by Gasteiger charge is 2.12. The van der Waals surface area contributed by atoms with Crippen molar-refractivity contribution < 1.29 is 0 Å². The Morgan fingerprint density at radius 3 is 2.59 bits per heavy atom. The summed E-state index contributed by atoms with van der Waals surface area (Å²) in [5.41, 5.74) is 2.91. The molecule has 1 aliphatic heterocycles. The van der Waals surface area contributed by atoms with Gasteiger partial charge in [0.05, 0.1) is 17.6 Å². The monoisotopic (exact) mass is 289 g/mol. The first-order valence-electron chi connectivity index (χ1n) is 7.23. The second-order valence-electron chi connectivity index (χ2n) is 5.13. The van der Waals surface area contributed by atoms with Crippen LogP contribution in [0.5, 0.6) is 0 Å². The van der Waals surface area contributed by atoms with Crippen LogP contribution in [0.3, 0.4) is 0 Å². The van der Waals surface area contributed by atoms with Crippen LogP contribution in [0, 0.1) is 0 Å². The maximum absolute atomic E-state index is 4.65. The summed E-state index contributed by atoms with van der Waals surface area (Å²) in [6.45, 7) is 1.74. The van der Waals surface area contributed by atoms with Crippen molar-refractivity contribution in [2.24, 2.45) is 0 Å². The van der Waals surface area contributed by atoms with Crippen molar-refractivity contribution in [2.75, 3.05) is 18.0 Å². The Labute approximate surface area is 128 Å². The van der Waals surface area contributed by atoms with E-state index in [1.54, 1.807) is 6.20 Å². The van der Waals surface area contributed by atoms with E-state index < -0.39 is 0 Å². The molecule has 1 aromatic carbocycles. The van der Waals surface area contributed by atoms with Gasteiger partial charge in [0.25, 0.3) is 0 Å². The van der Waals surface area contributed by atoms with Crippen LogP contribution in [0.4, 0.5) is 5.95 Å². The zero-order chi connectivity index (χ0) is 14.8. The smallest absolute Gasteiger partial charge is 0.226 e. The molecule has 5 heteroatoms. The molecule has 3 aromatic rings. The molecule has 0 bridgehead atoms. The van der Waals surface area contributed by atoms with Gasteiger partial charge >= 0.3 is 0 Å². The molecule has 0 unspecified atom stereocenters. The topological polar surface area (TPSA) is 46.8 Å². The van der Waals surface area contributed by atoms with Crippen LogP contribution < -0.4 is 4.90 Å². The molecule has 2 aromatic heterocycles.